The first kappa shape index (κ1) is 26.6. The predicted octanol–water partition coefficient (Wildman–Crippen LogP) is 3.03. The van der Waals surface area contributed by atoms with Crippen LogP contribution in [0.1, 0.15) is 40.4 Å². The van der Waals surface area contributed by atoms with Gasteiger partial charge in [0.05, 0.1) is 16.5 Å². The second-order valence-electron chi connectivity index (χ2n) is 9.27. The van der Waals surface area contributed by atoms with Crippen LogP contribution in [0.25, 0.3) is 10.9 Å². The van der Waals surface area contributed by atoms with Crippen LogP contribution in [-0.4, -0.2) is 23.6 Å². The maximum absolute atomic E-state index is 15.5. The monoisotopic (exact) mass is 546 g/mol. The topological polar surface area (TPSA) is 48.3 Å². The first-order chi connectivity index (χ1) is 17.4. The van der Waals surface area contributed by atoms with Gasteiger partial charge in [0, 0.05) is 57.7 Å². The molecular weight excluding hydrogens is 525 g/mol. The Hall–Kier alpha value is -2.03. The molecular formula is C28H22ClF2N2NaO2S. The number of fused-ring (bicyclic) bond motifs is 2. The molecule has 1 aliphatic carbocycles. The van der Waals surface area contributed by atoms with Gasteiger partial charge in [0.2, 0.25) is 0 Å². The Balaban J connectivity index is 0.00000280. The van der Waals surface area contributed by atoms with E-state index in [2.05, 4.69) is 17.0 Å². The number of rotatable bonds is 7. The summed E-state index contributed by atoms with van der Waals surface area (Å²) >= 11 is 7.36. The molecule has 1 saturated carbocycles. The SMILES string of the molecule is O=C([O-])c1cccc(Sc2c(C3CC3)n(CCN3CCc4ccccc43)c3c(F)c(Cl)ccc23)c1F.[Na+]. The van der Waals surface area contributed by atoms with Crippen LogP contribution in [0, 0.1) is 11.6 Å². The van der Waals surface area contributed by atoms with Crippen LogP contribution in [0.5, 0.6) is 0 Å². The van der Waals surface area contributed by atoms with E-state index in [1.807, 2.05) is 16.7 Å². The number of nitrogens with zero attached hydrogens (tertiary/aromatic N) is 2. The molecule has 0 spiro atoms. The molecule has 0 bridgehead atoms. The normalized spacial score (nSPS) is 14.6. The van der Waals surface area contributed by atoms with Gasteiger partial charge in [0.25, 0.3) is 0 Å². The van der Waals surface area contributed by atoms with Crippen molar-refractivity contribution in [3.8, 4) is 0 Å². The maximum atomic E-state index is 15.5. The number of aromatic carboxylic acids is 1. The van der Waals surface area contributed by atoms with E-state index < -0.39 is 23.2 Å². The van der Waals surface area contributed by atoms with Crippen molar-refractivity contribution in [1.29, 1.82) is 0 Å². The van der Waals surface area contributed by atoms with Gasteiger partial charge in [0.15, 0.2) is 5.82 Å². The maximum Gasteiger partial charge on any atom is 1.00 e. The van der Waals surface area contributed by atoms with E-state index in [9.17, 15) is 9.90 Å². The third-order valence-electron chi connectivity index (χ3n) is 7.04. The molecule has 6 rings (SSSR count). The van der Waals surface area contributed by atoms with Crippen LogP contribution < -0.4 is 39.6 Å². The molecule has 2 heterocycles. The van der Waals surface area contributed by atoms with Gasteiger partial charge < -0.3 is 19.4 Å². The number of hydrogen-bond acceptors (Lipinski definition) is 4. The number of benzene rings is 3. The van der Waals surface area contributed by atoms with Crippen LogP contribution in [0.15, 0.2) is 64.4 Å². The van der Waals surface area contributed by atoms with Crippen LogP contribution in [0.4, 0.5) is 14.5 Å². The van der Waals surface area contributed by atoms with Crippen LogP contribution in [0.3, 0.4) is 0 Å². The molecule has 4 nitrogen and oxygen atoms in total. The fourth-order valence-electron chi connectivity index (χ4n) is 5.19. The number of halogens is 3. The standard InChI is InChI=1S/C28H23ClF2N2O2S.Na/c29-20-11-10-19-26(24(20)31)33(15-14-32-13-12-16-4-1-2-6-21(16)32)25(17-8-9-17)27(19)36-22-7-3-5-18(23(22)30)28(34)35;/h1-7,10-11,17H,8-9,12-15H2,(H,34,35);/q;+1/p-1. The first-order valence-corrected chi connectivity index (χ1v) is 13.1. The van der Waals surface area contributed by atoms with Crippen molar-refractivity contribution in [3.05, 3.63) is 88.1 Å². The number of hydrogen-bond donors (Lipinski definition) is 0. The Labute approximate surface area is 244 Å². The Morgan fingerprint density at radius 3 is 2.57 bits per heavy atom. The molecule has 37 heavy (non-hydrogen) atoms. The van der Waals surface area contributed by atoms with Crippen molar-refractivity contribution in [2.75, 3.05) is 18.0 Å². The summed E-state index contributed by atoms with van der Waals surface area (Å²) in [6.45, 7) is 2.16. The molecule has 0 radical (unpaired) electrons. The minimum Gasteiger partial charge on any atom is -0.545 e. The van der Waals surface area contributed by atoms with Gasteiger partial charge >= 0.3 is 29.6 Å². The van der Waals surface area contributed by atoms with Crippen LogP contribution in [-0.2, 0) is 13.0 Å². The van der Waals surface area contributed by atoms with Crippen molar-refractivity contribution in [2.45, 2.75) is 41.5 Å². The number of carbonyl (C=O) groups excluding carboxylic acids is 1. The Morgan fingerprint density at radius 1 is 1.03 bits per heavy atom. The zero-order valence-corrected chi connectivity index (χ0v) is 23.8. The smallest absolute Gasteiger partial charge is 0.545 e. The van der Waals surface area contributed by atoms with Gasteiger partial charge in [-0.1, -0.05) is 53.7 Å². The zero-order chi connectivity index (χ0) is 25.0. The van der Waals surface area contributed by atoms with Gasteiger partial charge in [-0.25, -0.2) is 8.78 Å². The molecule has 1 fully saturated rings. The van der Waals surface area contributed by atoms with Crippen molar-refractivity contribution in [3.63, 3.8) is 0 Å². The van der Waals surface area contributed by atoms with Crippen molar-refractivity contribution in [2.24, 2.45) is 0 Å². The van der Waals surface area contributed by atoms with Gasteiger partial charge in [0.1, 0.15) is 5.82 Å². The fourth-order valence-corrected chi connectivity index (χ4v) is 6.56. The number of carboxylic acids is 1. The second kappa shape index (κ2) is 10.6. The molecule has 1 aliphatic heterocycles. The van der Waals surface area contributed by atoms with Crippen molar-refractivity contribution >= 4 is 45.9 Å². The van der Waals surface area contributed by atoms with Gasteiger partial charge in [-0.05, 0) is 49.1 Å². The second-order valence-corrected chi connectivity index (χ2v) is 10.7. The van der Waals surface area contributed by atoms with Gasteiger partial charge in [-0.3, -0.25) is 0 Å². The Bertz CT molecular complexity index is 1520. The molecule has 0 N–H and O–H groups in total. The minimum absolute atomic E-state index is 0. The van der Waals surface area contributed by atoms with Gasteiger partial charge in [-0.15, -0.1) is 0 Å². The average molecular weight is 547 g/mol. The molecule has 2 aliphatic rings. The summed E-state index contributed by atoms with van der Waals surface area (Å²) in [5.74, 6) is -2.67. The molecule has 1 aromatic heterocycles. The molecule has 9 heteroatoms. The zero-order valence-electron chi connectivity index (χ0n) is 20.3. The number of aromatic nitrogens is 1. The molecule has 0 unspecified atom stereocenters. The molecule has 3 aromatic carbocycles. The molecule has 0 saturated heterocycles. The summed E-state index contributed by atoms with van der Waals surface area (Å²) in [5, 5.41) is 12.1. The number of carboxylic acid groups (broad SMARTS) is 1. The van der Waals surface area contributed by atoms with E-state index in [0.717, 1.165) is 48.2 Å². The quantitative estimate of drug-likeness (QED) is 0.334. The molecule has 184 valence electrons. The first-order valence-electron chi connectivity index (χ1n) is 11.9. The Morgan fingerprint density at radius 2 is 1.81 bits per heavy atom. The summed E-state index contributed by atoms with van der Waals surface area (Å²) in [5.41, 5.74) is 3.40. The minimum atomic E-state index is -1.57. The Kier molecular flexibility index (Phi) is 7.63. The molecule has 0 atom stereocenters. The van der Waals surface area contributed by atoms with E-state index >= 15 is 8.78 Å². The average Bonchev–Trinajstić information content (AvgIpc) is 3.55. The van der Waals surface area contributed by atoms with Crippen molar-refractivity contribution < 1.29 is 48.2 Å². The summed E-state index contributed by atoms with van der Waals surface area (Å²) in [7, 11) is 0. The third-order valence-corrected chi connectivity index (χ3v) is 8.50. The molecule has 0 amide bonds. The van der Waals surface area contributed by atoms with Crippen LogP contribution >= 0.6 is 23.4 Å². The van der Waals surface area contributed by atoms with Crippen LogP contribution in [0.2, 0.25) is 5.02 Å². The summed E-state index contributed by atoms with van der Waals surface area (Å²) in [6.07, 6.45) is 2.91. The van der Waals surface area contributed by atoms with E-state index in [-0.39, 0.29) is 45.4 Å². The van der Waals surface area contributed by atoms with E-state index in [1.54, 1.807) is 12.1 Å². The van der Waals surface area contributed by atoms with Crippen molar-refractivity contribution in [1.82, 2.24) is 4.57 Å². The summed E-state index contributed by atoms with van der Waals surface area (Å²) in [4.78, 5) is 14.6. The third kappa shape index (κ3) is 4.81. The number of carbonyl (C=O) groups is 1. The van der Waals surface area contributed by atoms with E-state index in [1.165, 1.54) is 29.4 Å². The van der Waals surface area contributed by atoms with E-state index in [4.69, 9.17) is 11.6 Å². The number of para-hydroxylation sites is 1. The fraction of sp³-hybridized carbons (Fsp3) is 0.250. The van der Waals surface area contributed by atoms with Gasteiger partial charge in [-0.2, -0.15) is 0 Å². The predicted molar refractivity (Wildman–Crippen MR) is 136 cm³/mol. The largest absolute Gasteiger partial charge is 1.00 e. The summed E-state index contributed by atoms with van der Waals surface area (Å²) < 4.78 is 32.6. The molecule has 4 aromatic rings. The van der Waals surface area contributed by atoms with E-state index in [0.29, 0.717) is 24.0 Å². The number of anilines is 1. The summed E-state index contributed by atoms with van der Waals surface area (Å²) in [6, 6.07) is 15.8.